The van der Waals surface area contributed by atoms with E-state index in [4.69, 9.17) is 4.74 Å². The van der Waals surface area contributed by atoms with E-state index in [1.807, 2.05) is 41.3 Å². The highest BCUT2D eigenvalue weighted by molar-refractivity contribution is 5.91. The van der Waals surface area contributed by atoms with Gasteiger partial charge in [0, 0.05) is 25.0 Å². The Labute approximate surface area is 149 Å². The van der Waals surface area contributed by atoms with Crippen LogP contribution in [-0.2, 0) is 16.8 Å². The second-order valence-corrected chi connectivity index (χ2v) is 6.86. The topological polar surface area (TPSA) is 42.4 Å². The molecule has 2 aromatic rings. The van der Waals surface area contributed by atoms with Crippen molar-refractivity contribution in [2.75, 3.05) is 7.11 Å². The van der Waals surface area contributed by atoms with Gasteiger partial charge in [-0.15, -0.1) is 0 Å². The predicted octanol–water partition coefficient (Wildman–Crippen LogP) is 3.95. The van der Waals surface area contributed by atoms with Crippen LogP contribution in [-0.4, -0.2) is 28.9 Å². The standard InChI is InChI=1S/C21H26N2O2/c1-4-16(2)23(15-17-9-13-22-14-10-17)20(24)21(11-12-21)18-5-7-19(25-3)8-6-18/h5-10,13-14,16H,4,11-12,15H2,1-3H3/t16-/m1/s1. The van der Waals surface area contributed by atoms with E-state index in [-0.39, 0.29) is 17.4 Å². The molecular weight excluding hydrogens is 312 g/mol. The minimum absolute atomic E-state index is 0.205. The molecule has 132 valence electrons. The van der Waals surface area contributed by atoms with Gasteiger partial charge in [0.2, 0.25) is 5.91 Å². The molecule has 0 radical (unpaired) electrons. The lowest BCUT2D eigenvalue weighted by Crippen LogP contribution is -2.44. The summed E-state index contributed by atoms with van der Waals surface area (Å²) in [7, 11) is 1.66. The highest BCUT2D eigenvalue weighted by atomic mass is 16.5. The Morgan fingerprint density at radius 3 is 2.36 bits per heavy atom. The molecule has 1 amide bonds. The third-order valence-electron chi connectivity index (χ3n) is 5.29. The van der Waals surface area contributed by atoms with Crippen molar-refractivity contribution in [1.82, 2.24) is 9.88 Å². The molecule has 1 fully saturated rings. The van der Waals surface area contributed by atoms with Gasteiger partial charge in [0.05, 0.1) is 12.5 Å². The lowest BCUT2D eigenvalue weighted by Gasteiger charge is -2.32. The summed E-state index contributed by atoms with van der Waals surface area (Å²) < 4.78 is 5.24. The number of aromatic nitrogens is 1. The predicted molar refractivity (Wildman–Crippen MR) is 98.4 cm³/mol. The molecule has 0 aliphatic heterocycles. The molecule has 1 saturated carbocycles. The quantitative estimate of drug-likeness (QED) is 0.768. The van der Waals surface area contributed by atoms with E-state index in [1.165, 1.54) is 0 Å². The summed E-state index contributed by atoms with van der Waals surface area (Å²) >= 11 is 0. The molecular formula is C21H26N2O2. The van der Waals surface area contributed by atoms with E-state index >= 15 is 0 Å². The molecule has 1 aliphatic carbocycles. The maximum Gasteiger partial charge on any atom is 0.233 e. The Morgan fingerprint density at radius 2 is 1.84 bits per heavy atom. The van der Waals surface area contributed by atoms with Crippen LogP contribution in [0.15, 0.2) is 48.8 Å². The summed E-state index contributed by atoms with van der Waals surface area (Å²) in [5.41, 5.74) is 1.86. The Bertz CT molecular complexity index is 708. The first kappa shape index (κ1) is 17.5. The number of methoxy groups -OCH3 is 1. The summed E-state index contributed by atoms with van der Waals surface area (Å²) in [5, 5.41) is 0. The highest BCUT2D eigenvalue weighted by Gasteiger charge is 2.53. The van der Waals surface area contributed by atoms with Crippen LogP contribution in [0.2, 0.25) is 0 Å². The second-order valence-electron chi connectivity index (χ2n) is 6.86. The van der Waals surface area contributed by atoms with Crippen molar-refractivity contribution in [3.63, 3.8) is 0 Å². The smallest absolute Gasteiger partial charge is 0.233 e. The fraction of sp³-hybridized carbons (Fsp3) is 0.429. The number of hydrogen-bond donors (Lipinski definition) is 0. The molecule has 1 atom stereocenters. The number of amides is 1. The molecule has 0 bridgehead atoms. The van der Waals surface area contributed by atoms with Crippen LogP contribution < -0.4 is 4.74 Å². The van der Waals surface area contributed by atoms with Crippen molar-refractivity contribution in [2.24, 2.45) is 0 Å². The van der Waals surface area contributed by atoms with Gasteiger partial charge in [0.25, 0.3) is 0 Å². The van der Waals surface area contributed by atoms with E-state index in [0.717, 1.165) is 36.1 Å². The monoisotopic (exact) mass is 338 g/mol. The van der Waals surface area contributed by atoms with Crippen LogP contribution in [0.3, 0.4) is 0 Å². The van der Waals surface area contributed by atoms with E-state index in [2.05, 4.69) is 18.8 Å². The van der Waals surface area contributed by atoms with Crippen molar-refractivity contribution in [3.05, 3.63) is 59.9 Å². The van der Waals surface area contributed by atoms with Gasteiger partial charge in [-0.2, -0.15) is 0 Å². The maximum atomic E-state index is 13.5. The average Bonchev–Trinajstić information content (AvgIpc) is 3.48. The lowest BCUT2D eigenvalue weighted by molar-refractivity contribution is -0.136. The number of hydrogen-bond acceptors (Lipinski definition) is 3. The number of nitrogens with zero attached hydrogens (tertiary/aromatic N) is 2. The van der Waals surface area contributed by atoms with Crippen LogP contribution in [0, 0.1) is 0 Å². The zero-order valence-electron chi connectivity index (χ0n) is 15.2. The number of benzene rings is 1. The molecule has 4 heteroatoms. The third-order valence-corrected chi connectivity index (χ3v) is 5.29. The van der Waals surface area contributed by atoms with E-state index in [9.17, 15) is 4.79 Å². The van der Waals surface area contributed by atoms with Crippen LogP contribution >= 0.6 is 0 Å². The van der Waals surface area contributed by atoms with E-state index in [1.54, 1.807) is 19.5 Å². The summed E-state index contributed by atoms with van der Waals surface area (Å²) in [5.74, 6) is 1.06. The Kier molecular flexibility index (Phi) is 5.07. The van der Waals surface area contributed by atoms with E-state index in [0.29, 0.717) is 6.54 Å². The molecule has 1 heterocycles. The maximum absolute atomic E-state index is 13.5. The molecule has 4 nitrogen and oxygen atoms in total. The zero-order valence-corrected chi connectivity index (χ0v) is 15.2. The van der Waals surface area contributed by atoms with Crippen LogP contribution in [0.25, 0.3) is 0 Å². The number of ether oxygens (including phenoxy) is 1. The van der Waals surface area contributed by atoms with Crippen LogP contribution in [0.4, 0.5) is 0 Å². The number of carbonyl (C=O) groups excluding carboxylic acids is 1. The molecule has 1 aliphatic rings. The Morgan fingerprint density at radius 1 is 1.20 bits per heavy atom. The van der Waals surface area contributed by atoms with Crippen molar-refractivity contribution < 1.29 is 9.53 Å². The highest BCUT2D eigenvalue weighted by Crippen LogP contribution is 2.50. The SMILES string of the molecule is CC[C@@H](C)N(Cc1ccncc1)C(=O)C1(c2ccc(OC)cc2)CC1. The molecule has 0 saturated heterocycles. The first-order valence-electron chi connectivity index (χ1n) is 8.95. The fourth-order valence-electron chi connectivity index (χ4n) is 3.27. The average molecular weight is 338 g/mol. The van der Waals surface area contributed by atoms with Crippen molar-refractivity contribution in [1.29, 1.82) is 0 Å². The van der Waals surface area contributed by atoms with Crippen LogP contribution in [0.5, 0.6) is 5.75 Å². The lowest BCUT2D eigenvalue weighted by atomic mass is 9.93. The van der Waals surface area contributed by atoms with Gasteiger partial charge in [0.15, 0.2) is 0 Å². The fourth-order valence-corrected chi connectivity index (χ4v) is 3.27. The van der Waals surface area contributed by atoms with Crippen molar-refractivity contribution in [3.8, 4) is 5.75 Å². The molecule has 0 unspecified atom stereocenters. The zero-order chi connectivity index (χ0) is 17.9. The first-order valence-corrected chi connectivity index (χ1v) is 8.95. The Hall–Kier alpha value is -2.36. The van der Waals surface area contributed by atoms with Gasteiger partial charge in [-0.25, -0.2) is 0 Å². The Balaban J connectivity index is 1.85. The molecule has 3 rings (SSSR count). The second kappa shape index (κ2) is 7.26. The first-order chi connectivity index (χ1) is 12.1. The van der Waals surface area contributed by atoms with Gasteiger partial charge in [0.1, 0.15) is 5.75 Å². The molecule has 1 aromatic carbocycles. The van der Waals surface area contributed by atoms with Gasteiger partial charge in [-0.1, -0.05) is 19.1 Å². The van der Waals surface area contributed by atoms with Gasteiger partial charge >= 0.3 is 0 Å². The van der Waals surface area contributed by atoms with Crippen LogP contribution in [0.1, 0.15) is 44.2 Å². The summed E-state index contributed by atoms with van der Waals surface area (Å²) in [4.78, 5) is 19.6. The minimum Gasteiger partial charge on any atom is -0.497 e. The molecule has 0 spiro atoms. The van der Waals surface area contributed by atoms with Crippen molar-refractivity contribution in [2.45, 2.75) is 51.1 Å². The normalized spacial score (nSPS) is 16.1. The van der Waals surface area contributed by atoms with Crippen molar-refractivity contribution >= 4 is 5.91 Å². The number of pyridine rings is 1. The summed E-state index contributed by atoms with van der Waals surface area (Å²) in [6.07, 6.45) is 6.34. The molecule has 0 N–H and O–H groups in total. The van der Waals surface area contributed by atoms with Gasteiger partial charge in [-0.05, 0) is 61.6 Å². The minimum atomic E-state index is -0.358. The van der Waals surface area contributed by atoms with Gasteiger partial charge in [-0.3, -0.25) is 9.78 Å². The largest absolute Gasteiger partial charge is 0.497 e. The number of carbonyl (C=O) groups is 1. The molecule has 25 heavy (non-hydrogen) atoms. The number of rotatable bonds is 7. The molecule has 1 aromatic heterocycles. The van der Waals surface area contributed by atoms with E-state index < -0.39 is 0 Å². The summed E-state index contributed by atoms with van der Waals surface area (Å²) in [6.45, 7) is 4.89. The van der Waals surface area contributed by atoms with Gasteiger partial charge < -0.3 is 9.64 Å². The third kappa shape index (κ3) is 3.53. The summed E-state index contributed by atoms with van der Waals surface area (Å²) in [6, 6.07) is 12.1.